The Hall–Kier alpha value is -0.575. The van der Waals surface area contributed by atoms with E-state index in [0.29, 0.717) is 0 Å². The number of thiophene rings is 1. The van der Waals surface area contributed by atoms with E-state index in [1.807, 2.05) is 6.08 Å². The third-order valence-electron chi connectivity index (χ3n) is 3.37. The molecule has 0 aromatic carbocycles. The summed E-state index contributed by atoms with van der Waals surface area (Å²) in [6.07, 6.45) is 1.85. The molecule has 0 atom stereocenters. The van der Waals surface area contributed by atoms with Gasteiger partial charge < -0.3 is 9.31 Å². The molecule has 1 saturated heterocycles. The van der Waals surface area contributed by atoms with Crippen molar-refractivity contribution in [3.63, 3.8) is 0 Å². The minimum absolute atomic E-state index is 0.255. The molecule has 0 unspecified atom stereocenters. The van der Waals surface area contributed by atoms with Crippen LogP contribution in [0.15, 0.2) is 18.0 Å². The largest absolute Gasteiger partial charge is 0.495 e. The monoisotopic (exact) mass is 236 g/mol. The molecule has 86 valence electrons. The Bertz CT molecular complexity index is 393. The van der Waals surface area contributed by atoms with Crippen LogP contribution in [0.25, 0.3) is 6.08 Å². The van der Waals surface area contributed by atoms with Gasteiger partial charge in [0.15, 0.2) is 0 Å². The fourth-order valence-electron chi connectivity index (χ4n) is 1.58. The minimum Gasteiger partial charge on any atom is -0.399 e. The van der Waals surface area contributed by atoms with Crippen molar-refractivity contribution in [2.24, 2.45) is 0 Å². The van der Waals surface area contributed by atoms with E-state index in [9.17, 15) is 0 Å². The van der Waals surface area contributed by atoms with Crippen LogP contribution in [0.5, 0.6) is 0 Å². The van der Waals surface area contributed by atoms with Crippen molar-refractivity contribution < 1.29 is 9.31 Å². The first-order chi connectivity index (χ1) is 7.36. The van der Waals surface area contributed by atoms with Gasteiger partial charge in [0.1, 0.15) is 0 Å². The van der Waals surface area contributed by atoms with Gasteiger partial charge >= 0.3 is 7.12 Å². The molecule has 0 saturated carbocycles. The molecule has 1 aliphatic heterocycles. The molecule has 0 spiro atoms. The van der Waals surface area contributed by atoms with Gasteiger partial charge in [-0.3, -0.25) is 0 Å². The second-order valence-corrected chi connectivity index (χ2v) is 6.02. The predicted molar refractivity (Wildman–Crippen MR) is 70.1 cm³/mol. The van der Waals surface area contributed by atoms with Crippen LogP contribution in [-0.2, 0) is 9.31 Å². The zero-order valence-corrected chi connectivity index (χ0v) is 11.1. The lowest BCUT2D eigenvalue weighted by atomic mass is 9.81. The third-order valence-corrected chi connectivity index (χ3v) is 4.31. The lowest BCUT2D eigenvalue weighted by Gasteiger charge is -2.32. The lowest BCUT2D eigenvalue weighted by molar-refractivity contribution is 0.00578. The molecule has 2 rings (SSSR count). The minimum atomic E-state index is -0.270. The van der Waals surface area contributed by atoms with Crippen LogP contribution in [-0.4, -0.2) is 18.3 Å². The summed E-state index contributed by atoms with van der Waals surface area (Å²) in [6, 6.07) is 2.07. The molecule has 0 N–H and O–H groups in total. The summed E-state index contributed by atoms with van der Waals surface area (Å²) in [7, 11) is -0.255. The molecule has 0 aliphatic carbocycles. The standard InChI is InChI=1S/C12H17BO2S/c1-6-10-7-9(8-16-10)13-14-11(2,3)12(4,5)15-13/h6-8H,1H2,2-5H3. The quantitative estimate of drug-likeness (QED) is 0.735. The van der Waals surface area contributed by atoms with Crippen LogP contribution >= 0.6 is 11.3 Å². The molecule has 2 nitrogen and oxygen atoms in total. The Morgan fingerprint density at radius 1 is 1.25 bits per heavy atom. The van der Waals surface area contributed by atoms with Crippen LogP contribution in [0.4, 0.5) is 0 Å². The molecule has 4 heteroatoms. The van der Waals surface area contributed by atoms with E-state index in [-0.39, 0.29) is 18.3 Å². The molecule has 0 bridgehead atoms. The SMILES string of the molecule is C=Cc1cc(B2OC(C)(C)C(C)(C)O2)cs1. The maximum atomic E-state index is 5.96. The maximum Gasteiger partial charge on any atom is 0.495 e. The van der Waals surface area contributed by atoms with Crippen molar-refractivity contribution in [3.05, 3.63) is 22.9 Å². The van der Waals surface area contributed by atoms with E-state index < -0.39 is 0 Å². The van der Waals surface area contributed by atoms with Crippen molar-refractivity contribution in [2.75, 3.05) is 0 Å². The molecule has 2 heterocycles. The van der Waals surface area contributed by atoms with E-state index >= 15 is 0 Å². The van der Waals surface area contributed by atoms with Gasteiger partial charge in [-0.1, -0.05) is 12.7 Å². The van der Waals surface area contributed by atoms with Gasteiger partial charge in [0, 0.05) is 4.88 Å². The van der Waals surface area contributed by atoms with Gasteiger partial charge in [0.05, 0.1) is 11.2 Å². The van der Waals surface area contributed by atoms with Gasteiger partial charge in [0.25, 0.3) is 0 Å². The van der Waals surface area contributed by atoms with Crippen molar-refractivity contribution in [1.82, 2.24) is 0 Å². The molecule has 1 aromatic heterocycles. The average Bonchev–Trinajstić information content (AvgIpc) is 2.70. The van der Waals surface area contributed by atoms with Gasteiger partial charge in [-0.15, -0.1) is 11.3 Å². The Kier molecular flexibility index (Phi) is 2.77. The maximum absolute atomic E-state index is 5.96. The molecule has 1 fully saturated rings. The first kappa shape index (κ1) is 11.9. The van der Waals surface area contributed by atoms with Crippen molar-refractivity contribution in [2.45, 2.75) is 38.9 Å². The van der Waals surface area contributed by atoms with Crippen molar-refractivity contribution in [1.29, 1.82) is 0 Å². The highest BCUT2D eigenvalue weighted by Gasteiger charge is 2.51. The third kappa shape index (κ3) is 1.86. The Balaban J connectivity index is 2.23. The summed E-state index contributed by atoms with van der Waals surface area (Å²) in [5.74, 6) is 0. The number of hydrogen-bond acceptors (Lipinski definition) is 3. The molecule has 16 heavy (non-hydrogen) atoms. The van der Waals surface area contributed by atoms with Crippen LogP contribution in [0.1, 0.15) is 32.6 Å². The summed E-state index contributed by atoms with van der Waals surface area (Å²) < 4.78 is 11.9. The lowest BCUT2D eigenvalue weighted by Crippen LogP contribution is -2.41. The summed E-state index contributed by atoms with van der Waals surface area (Å²) in [6.45, 7) is 12.0. The van der Waals surface area contributed by atoms with E-state index in [1.165, 1.54) is 0 Å². The molecular formula is C12H17BO2S. The van der Waals surface area contributed by atoms with Gasteiger partial charge in [0.2, 0.25) is 0 Å². The van der Waals surface area contributed by atoms with E-state index in [0.717, 1.165) is 10.3 Å². The molecular weight excluding hydrogens is 219 g/mol. The van der Waals surface area contributed by atoms with Gasteiger partial charge in [-0.25, -0.2) is 0 Å². The molecule has 0 radical (unpaired) electrons. The molecule has 1 aromatic rings. The average molecular weight is 236 g/mol. The highest BCUT2D eigenvalue weighted by molar-refractivity contribution is 7.12. The van der Waals surface area contributed by atoms with Crippen LogP contribution in [0.2, 0.25) is 0 Å². The first-order valence-electron chi connectivity index (χ1n) is 5.42. The van der Waals surface area contributed by atoms with E-state index in [4.69, 9.17) is 9.31 Å². The Morgan fingerprint density at radius 2 is 1.81 bits per heavy atom. The highest BCUT2D eigenvalue weighted by atomic mass is 32.1. The summed E-state index contributed by atoms with van der Waals surface area (Å²) >= 11 is 1.66. The first-order valence-corrected chi connectivity index (χ1v) is 6.30. The van der Waals surface area contributed by atoms with E-state index in [1.54, 1.807) is 11.3 Å². The molecule has 0 amide bonds. The fraction of sp³-hybridized carbons (Fsp3) is 0.500. The van der Waals surface area contributed by atoms with Crippen molar-refractivity contribution in [3.8, 4) is 0 Å². The topological polar surface area (TPSA) is 18.5 Å². The van der Waals surface area contributed by atoms with Crippen LogP contribution in [0.3, 0.4) is 0 Å². The van der Waals surface area contributed by atoms with Crippen LogP contribution < -0.4 is 5.46 Å². The van der Waals surface area contributed by atoms with E-state index in [2.05, 4.69) is 45.7 Å². The molecule has 1 aliphatic rings. The Labute approximate surface area is 101 Å². The smallest absolute Gasteiger partial charge is 0.399 e. The zero-order valence-electron chi connectivity index (χ0n) is 10.2. The Morgan fingerprint density at radius 3 is 2.25 bits per heavy atom. The van der Waals surface area contributed by atoms with Gasteiger partial charge in [-0.2, -0.15) is 0 Å². The van der Waals surface area contributed by atoms with Crippen LogP contribution in [0, 0.1) is 0 Å². The van der Waals surface area contributed by atoms with Gasteiger partial charge in [-0.05, 0) is 44.6 Å². The summed E-state index contributed by atoms with van der Waals surface area (Å²) in [5.41, 5.74) is 0.542. The predicted octanol–water partition coefficient (Wildman–Crippen LogP) is 2.69. The number of hydrogen-bond donors (Lipinski definition) is 0. The zero-order chi connectivity index (χ0) is 12.0. The number of rotatable bonds is 2. The highest BCUT2D eigenvalue weighted by Crippen LogP contribution is 2.36. The summed E-state index contributed by atoms with van der Waals surface area (Å²) in [5, 5.41) is 2.07. The van der Waals surface area contributed by atoms with Crippen molar-refractivity contribution >= 4 is 30.0 Å². The second-order valence-electron chi connectivity index (χ2n) is 5.07. The summed E-state index contributed by atoms with van der Waals surface area (Å²) in [4.78, 5) is 1.14. The fourth-order valence-corrected chi connectivity index (χ4v) is 2.33. The second kappa shape index (κ2) is 3.72. The normalized spacial score (nSPS) is 22.4.